The molecule has 2 rings (SSSR count). The molecule has 0 aliphatic heterocycles. The van der Waals surface area contributed by atoms with Crippen LogP contribution in [-0.2, 0) is 16.0 Å². The topological polar surface area (TPSA) is 146 Å². The first-order chi connectivity index (χ1) is 14.3. The van der Waals surface area contributed by atoms with Crippen molar-refractivity contribution in [2.45, 2.75) is 26.7 Å². The molecule has 0 atom stereocenters. The molecule has 9 heteroatoms. The Hall–Kier alpha value is -3.72. The lowest BCUT2D eigenvalue weighted by Gasteiger charge is -2.13. The summed E-state index contributed by atoms with van der Waals surface area (Å²) in [7, 11) is 0. The Morgan fingerprint density at radius 2 is 1.90 bits per heavy atom. The lowest BCUT2D eigenvalue weighted by molar-refractivity contribution is -0.137. The number of carbonyl (C=O) groups excluding carboxylic acids is 2. The standard InChI is InChI=1S/C21H25N5O4/c1-13-9-18(14(2)8-15(13)6-7-20(28)29)26-19(27)11-23-21(30)16-4-3-5-17(10-16)24-12-25-22/h3-5,8-10,12H,6-7,11,22H2,1-2H3,(H,23,30)(H,24,25)(H,26,27)(H,28,29). The van der Waals surface area contributed by atoms with Crippen LogP contribution < -0.4 is 21.9 Å². The minimum Gasteiger partial charge on any atom is -0.481 e. The van der Waals surface area contributed by atoms with Crippen LogP contribution in [0, 0.1) is 13.8 Å². The summed E-state index contributed by atoms with van der Waals surface area (Å²) in [6.07, 6.45) is 1.77. The molecule has 0 radical (unpaired) electrons. The Morgan fingerprint density at radius 3 is 2.60 bits per heavy atom. The summed E-state index contributed by atoms with van der Waals surface area (Å²) >= 11 is 0. The summed E-state index contributed by atoms with van der Waals surface area (Å²) in [6.45, 7) is 3.50. The van der Waals surface area contributed by atoms with Crippen molar-refractivity contribution < 1.29 is 19.5 Å². The number of amides is 2. The first-order valence-corrected chi connectivity index (χ1v) is 9.29. The van der Waals surface area contributed by atoms with Crippen LogP contribution >= 0.6 is 0 Å². The highest BCUT2D eigenvalue weighted by Crippen LogP contribution is 2.22. The number of carboxylic acids is 1. The third-order valence-electron chi connectivity index (χ3n) is 4.37. The summed E-state index contributed by atoms with van der Waals surface area (Å²) in [5, 5.41) is 14.2. The Morgan fingerprint density at radius 1 is 1.13 bits per heavy atom. The number of nitrogens with one attached hydrogen (secondary N) is 3. The van der Waals surface area contributed by atoms with Gasteiger partial charge in [-0.25, -0.2) is 10.8 Å². The first kappa shape index (κ1) is 22.6. The highest BCUT2D eigenvalue weighted by atomic mass is 16.4. The van der Waals surface area contributed by atoms with E-state index < -0.39 is 11.9 Å². The van der Waals surface area contributed by atoms with Crippen LogP contribution in [0.15, 0.2) is 41.4 Å². The molecule has 30 heavy (non-hydrogen) atoms. The Balaban J connectivity index is 1.96. The Kier molecular flexibility index (Phi) is 8.07. The van der Waals surface area contributed by atoms with Crippen molar-refractivity contribution in [3.05, 3.63) is 58.7 Å². The predicted octanol–water partition coefficient (Wildman–Crippen LogP) is 1.81. The highest BCUT2D eigenvalue weighted by molar-refractivity contribution is 6.00. The smallest absolute Gasteiger partial charge is 0.303 e. The van der Waals surface area contributed by atoms with Gasteiger partial charge in [0.15, 0.2) is 0 Å². The van der Waals surface area contributed by atoms with Crippen molar-refractivity contribution in [3.8, 4) is 0 Å². The number of carbonyl (C=O) groups is 3. The molecule has 0 aliphatic rings. The van der Waals surface area contributed by atoms with E-state index in [1.165, 1.54) is 6.34 Å². The quantitative estimate of drug-likeness (QED) is 0.184. The van der Waals surface area contributed by atoms with E-state index in [4.69, 9.17) is 10.9 Å². The third-order valence-corrected chi connectivity index (χ3v) is 4.37. The number of carboxylic acid groups (broad SMARTS) is 1. The number of aryl methyl sites for hydroxylation is 3. The molecule has 0 spiro atoms. The van der Waals surface area contributed by atoms with Gasteiger partial charge in [-0.05, 0) is 61.2 Å². The van der Waals surface area contributed by atoms with Crippen LogP contribution in [0.1, 0.15) is 33.5 Å². The van der Waals surface area contributed by atoms with Crippen LogP contribution in [0.3, 0.4) is 0 Å². The molecule has 0 fully saturated rings. The van der Waals surface area contributed by atoms with Gasteiger partial charge in [0, 0.05) is 17.7 Å². The lowest BCUT2D eigenvalue weighted by atomic mass is 10.00. The van der Waals surface area contributed by atoms with Gasteiger partial charge in [-0.3, -0.25) is 14.4 Å². The number of aliphatic carboxylic acids is 1. The number of nitrogens with two attached hydrogens (primary N) is 1. The number of nitrogens with zero attached hydrogens (tertiary/aromatic N) is 1. The maximum Gasteiger partial charge on any atom is 0.303 e. The van der Waals surface area contributed by atoms with Gasteiger partial charge in [0.05, 0.1) is 12.2 Å². The highest BCUT2D eigenvalue weighted by Gasteiger charge is 2.12. The van der Waals surface area contributed by atoms with Crippen molar-refractivity contribution in [3.63, 3.8) is 0 Å². The van der Waals surface area contributed by atoms with Crippen molar-refractivity contribution >= 4 is 35.5 Å². The third kappa shape index (κ3) is 6.71. The Labute approximate surface area is 174 Å². The zero-order chi connectivity index (χ0) is 22.1. The monoisotopic (exact) mass is 411 g/mol. The van der Waals surface area contributed by atoms with E-state index in [2.05, 4.69) is 21.1 Å². The predicted molar refractivity (Wildman–Crippen MR) is 115 cm³/mol. The summed E-state index contributed by atoms with van der Waals surface area (Å²) in [5.41, 5.74) is 6.45. The van der Waals surface area contributed by atoms with Gasteiger partial charge in [-0.2, -0.15) is 0 Å². The van der Waals surface area contributed by atoms with E-state index in [1.54, 1.807) is 30.3 Å². The fraction of sp³-hybridized carbons (Fsp3) is 0.238. The summed E-state index contributed by atoms with van der Waals surface area (Å²) < 4.78 is 0. The second-order valence-corrected chi connectivity index (χ2v) is 6.69. The van der Waals surface area contributed by atoms with Crippen LogP contribution in [0.5, 0.6) is 0 Å². The number of hydrogen-bond acceptors (Lipinski definition) is 5. The molecule has 2 aromatic carbocycles. The van der Waals surface area contributed by atoms with Gasteiger partial charge in [0.1, 0.15) is 6.34 Å². The second-order valence-electron chi connectivity index (χ2n) is 6.69. The minimum atomic E-state index is -0.853. The van der Waals surface area contributed by atoms with E-state index >= 15 is 0 Å². The van der Waals surface area contributed by atoms with E-state index in [-0.39, 0.29) is 18.9 Å². The number of hydrogen-bond donors (Lipinski definition) is 5. The lowest BCUT2D eigenvalue weighted by Crippen LogP contribution is -2.33. The molecule has 0 heterocycles. The molecule has 0 aromatic heterocycles. The van der Waals surface area contributed by atoms with E-state index in [0.717, 1.165) is 16.7 Å². The second kappa shape index (κ2) is 10.7. The number of hydrazine groups is 1. The zero-order valence-corrected chi connectivity index (χ0v) is 16.9. The van der Waals surface area contributed by atoms with Gasteiger partial charge < -0.3 is 21.2 Å². The molecule has 0 unspecified atom stereocenters. The van der Waals surface area contributed by atoms with E-state index in [0.29, 0.717) is 23.4 Å². The maximum atomic E-state index is 12.3. The molecule has 2 amide bonds. The molecular weight excluding hydrogens is 386 g/mol. The van der Waals surface area contributed by atoms with E-state index in [9.17, 15) is 14.4 Å². The Bertz CT molecular complexity index is 972. The molecule has 2 aromatic rings. The van der Waals surface area contributed by atoms with E-state index in [1.807, 2.05) is 19.9 Å². The summed E-state index contributed by atoms with van der Waals surface area (Å²) in [4.78, 5) is 39.3. The molecule has 158 valence electrons. The number of anilines is 1. The largest absolute Gasteiger partial charge is 0.481 e. The molecule has 0 aliphatic carbocycles. The van der Waals surface area contributed by atoms with Gasteiger partial charge in [-0.15, -0.1) is 0 Å². The van der Waals surface area contributed by atoms with Gasteiger partial charge in [0.2, 0.25) is 5.91 Å². The van der Waals surface area contributed by atoms with Crippen LogP contribution in [0.4, 0.5) is 11.4 Å². The van der Waals surface area contributed by atoms with Crippen molar-refractivity contribution in [2.75, 3.05) is 11.9 Å². The van der Waals surface area contributed by atoms with Gasteiger partial charge in [-0.1, -0.05) is 12.1 Å². The maximum absolute atomic E-state index is 12.3. The zero-order valence-electron chi connectivity index (χ0n) is 16.9. The molecule has 0 saturated heterocycles. The first-order valence-electron chi connectivity index (χ1n) is 9.29. The fourth-order valence-corrected chi connectivity index (χ4v) is 2.82. The average Bonchev–Trinajstić information content (AvgIpc) is 2.72. The van der Waals surface area contributed by atoms with Gasteiger partial charge in [0.25, 0.3) is 5.91 Å². The normalized spacial score (nSPS) is 10.6. The number of benzene rings is 2. The minimum absolute atomic E-state index is 0.0489. The van der Waals surface area contributed by atoms with Crippen LogP contribution in [0.25, 0.3) is 0 Å². The molecule has 0 saturated carbocycles. The summed E-state index contributed by atoms with van der Waals surface area (Å²) in [5.74, 6) is 3.50. The SMILES string of the molecule is Cc1cc(NC(=O)CNC(=O)c2cccc(N=CNN)c2)c(C)cc1CCC(=O)O. The fourth-order valence-electron chi connectivity index (χ4n) is 2.82. The summed E-state index contributed by atoms with van der Waals surface area (Å²) in [6, 6.07) is 10.3. The van der Waals surface area contributed by atoms with Crippen LogP contribution in [0.2, 0.25) is 0 Å². The van der Waals surface area contributed by atoms with Crippen LogP contribution in [-0.4, -0.2) is 35.8 Å². The molecular formula is C21H25N5O4. The molecule has 0 bridgehead atoms. The van der Waals surface area contributed by atoms with Crippen molar-refractivity contribution in [1.82, 2.24) is 10.7 Å². The van der Waals surface area contributed by atoms with Gasteiger partial charge >= 0.3 is 5.97 Å². The molecule has 6 N–H and O–H groups in total. The number of aliphatic imine (C=N–C) groups is 1. The molecule has 9 nitrogen and oxygen atoms in total. The van der Waals surface area contributed by atoms with Crippen molar-refractivity contribution in [2.24, 2.45) is 10.8 Å². The number of rotatable bonds is 9. The van der Waals surface area contributed by atoms with Crippen molar-refractivity contribution in [1.29, 1.82) is 0 Å². The average molecular weight is 411 g/mol.